The Hall–Kier alpha value is -2.60. The molecule has 0 unspecified atom stereocenters. The van der Waals surface area contributed by atoms with E-state index in [1.54, 1.807) is 24.3 Å². The number of hydrazine groups is 1. The van der Waals surface area contributed by atoms with Gasteiger partial charge in [0.1, 0.15) is 0 Å². The third kappa shape index (κ3) is 3.04. The number of carbonyl (C=O) groups excluding carboxylic acids is 1. The number of carbonyl (C=O) groups is 1. The Morgan fingerprint density at radius 3 is 2.70 bits per heavy atom. The Kier molecular flexibility index (Phi) is 4.17. The van der Waals surface area contributed by atoms with Crippen molar-refractivity contribution >= 4 is 17.3 Å². The van der Waals surface area contributed by atoms with Gasteiger partial charge in [0.15, 0.2) is 0 Å². The zero-order chi connectivity index (χ0) is 14.5. The molecule has 6 heteroatoms. The number of nitrogens with one attached hydrogen (secondary N) is 2. The second-order valence-electron chi connectivity index (χ2n) is 4.24. The summed E-state index contributed by atoms with van der Waals surface area (Å²) in [6, 6.07) is 8.79. The number of ether oxygens (including phenoxy) is 1. The first-order valence-electron chi connectivity index (χ1n) is 6.02. The highest BCUT2D eigenvalue weighted by atomic mass is 16.5. The van der Waals surface area contributed by atoms with Crippen LogP contribution in [0.25, 0.3) is 0 Å². The Morgan fingerprint density at radius 1 is 1.30 bits per heavy atom. The molecule has 1 aromatic heterocycles. The Morgan fingerprint density at radius 2 is 2.10 bits per heavy atom. The quantitative estimate of drug-likeness (QED) is 0.584. The molecule has 0 atom stereocenters. The molecule has 0 saturated heterocycles. The number of aromatic nitrogens is 1. The predicted octanol–water partition coefficient (Wildman–Crippen LogP) is 1.94. The maximum atomic E-state index is 12.2. The molecule has 2 aromatic rings. The fourth-order valence-corrected chi connectivity index (χ4v) is 1.75. The highest BCUT2D eigenvalue weighted by Crippen LogP contribution is 2.18. The molecule has 0 radical (unpaired) electrons. The van der Waals surface area contributed by atoms with Gasteiger partial charge in [-0.15, -0.1) is 0 Å². The van der Waals surface area contributed by atoms with E-state index in [9.17, 15) is 4.79 Å². The minimum absolute atomic E-state index is 0.256. The van der Waals surface area contributed by atoms with Gasteiger partial charge in [-0.05, 0) is 25.1 Å². The molecule has 0 aliphatic rings. The fourth-order valence-electron chi connectivity index (χ4n) is 1.75. The Balaban J connectivity index is 2.20. The van der Waals surface area contributed by atoms with Gasteiger partial charge < -0.3 is 15.5 Å². The molecule has 4 N–H and O–H groups in total. The maximum Gasteiger partial charge on any atom is 0.257 e. The topological polar surface area (TPSA) is 89.3 Å². The van der Waals surface area contributed by atoms with E-state index in [2.05, 4.69) is 15.7 Å². The van der Waals surface area contributed by atoms with Crippen LogP contribution in [0.5, 0.6) is 5.88 Å². The van der Waals surface area contributed by atoms with Crippen LogP contribution in [0.1, 0.15) is 15.9 Å². The molecule has 1 heterocycles. The van der Waals surface area contributed by atoms with E-state index in [1.165, 1.54) is 13.3 Å². The van der Waals surface area contributed by atoms with Crippen LogP contribution in [-0.2, 0) is 0 Å². The van der Waals surface area contributed by atoms with Gasteiger partial charge in [0.25, 0.3) is 5.91 Å². The van der Waals surface area contributed by atoms with Gasteiger partial charge in [-0.3, -0.25) is 10.6 Å². The van der Waals surface area contributed by atoms with Crippen molar-refractivity contribution < 1.29 is 9.53 Å². The molecule has 0 aliphatic heterocycles. The van der Waals surface area contributed by atoms with Crippen LogP contribution in [-0.4, -0.2) is 18.0 Å². The minimum Gasteiger partial charge on any atom is -0.481 e. The molecule has 2 rings (SSSR count). The maximum absolute atomic E-state index is 12.2. The van der Waals surface area contributed by atoms with Crippen molar-refractivity contribution in [2.45, 2.75) is 6.92 Å². The van der Waals surface area contributed by atoms with Crippen molar-refractivity contribution in [3.05, 3.63) is 47.7 Å². The first kappa shape index (κ1) is 13.8. The smallest absolute Gasteiger partial charge is 0.257 e. The number of pyridine rings is 1. The SMILES string of the molecule is COc1ccc(NC(=O)c2cc(C)ccc2NN)cn1. The van der Waals surface area contributed by atoms with Crippen molar-refractivity contribution in [3.8, 4) is 5.88 Å². The standard InChI is InChI=1S/C14H16N4O2/c1-9-3-5-12(18-15)11(7-9)14(19)17-10-4-6-13(20-2)16-8-10/h3-8,18H,15H2,1-2H3,(H,17,19). The van der Waals surface area contributed by atoms with Crippen LogP contribution >= 0.6 is 0 Å². The van der Waals surface area contributed by atoms with E-state index in [-0.39, 0.29) is 5.91 Å². The number of anilines is 2. The van der Waals surface area contributed by atoms with E-state index < -0.39 is 0 Å². The van der Waals surface area contributed by atoms with Crippen LogP contribution in [0, 0.1) is 6.92 Å². The van der Waals surface area contributed by atoms with E-state index in [4.69, 9.17) is 10.6 Å². The highest BCUT2D eigenvalue weighted by Gasteiger charge is 2.11. The van der Waals surface area contributed by atoms with Gasteiger partial charge in [-0.25, -0.2) is 4.98 Å². The average Bonchev–Trinajstić information content (AvgIpc) is 2.48. The van der Waals surface area contributed by atoms with Crippen LogP contribution in [0.4, 0.5) is 11.4 Å². The Labute approximate surface area is 116 Å². The zero-order valence-electron chi connectivity index (χ0n) is 11.3. The van der Waals surface area contributed by atoms with E-state index in [1.807, 2.05) is 13.0 Å². The summed E-state index contributed by atoms with van der Waals surface area (Å²) >= 11 is 0. The second kappa shape index (κ2) is 6.03. The molecule has 0 fully saturated rings. The van der Waals surface area contributed by atoms with Crippen molar-refractivity contribution in [1.82, 2.24) is 4.98 Å². The van der Waals surface area contributed by atoms with Crippen molar-refractivity contribution in [1.29, 1.82) is 0 Å². The highest BCUT2D eigenvalue weighted by molar-refractivity contribution is 6.08. The van der Waals surface area contributed by atoms with Gasteiger partial charge in [0.2, 0.25) is 5.88 Å². The zero-order valence-corrected chi connectivity index (χ0v) is 11.3. The Bertz CT molecular complexity index is 611. The molecule has 1 amide bonds. The molecule has 0 bridgehead atoms. The van der Waals surface area contributed by atoms with Gasteiger partial charge in [0.05, 0.1) is 30.2 Å². The summed E-state index contributed by atoms with van der Waals surface area (Å²) in [5.41, 5.74) is 5.11. The number of hydrogen-bond acceptors (Lipinski definition) is 5. The number of methoxy groups -OCH3 is 1. The van der Waals surface area contributed by atoms with Crippen molar-refractivity contribution in [3.63, 3.8) is 0 Å². The molecule has 0 saturated carbocycles. The summed E-state index contributed by atoms with van der Waals surface area (Å²) in [5.74, 6) is 5.64. The second-order valence-corrected chi connectivity index (χ2v) is 4.24. The molecule has 104 valence electrons. The van der Waals surface area contributed by atoms with Crippen molar-refractivity contribution in [2.75, 3.05) is 17.9 Å². The third-order valence-corrected chi connectivity index (χ3v) is 2.78. The third-order valence-electron chi connectivity index (χ3n) is 2.78. The number of rotatable bonds is 4. The van der Waals surface area contributed by atoms with Gasteiger partial charge >= 0.3 is 0 Å². The predicted molar refractivity (Wildman–Crippen MR) is 77.7 cm³/mol. The first-order valence-corrected chi connectivity index (χ1v) is 6.02. The van der Waals surface area contributed by atoms with E-state index in [0.29, 0.717) is 22.8 Å². The molecular weight excluding hydrogens is 256 g/mol. The van der Waals surface area contributed by atoms with E-state index in [0.717, 1.165) is 5.56 Å². The number of benzene rings is 1. The van der Waals surface area contributed by atoms with Gasteiger partial charge in [-0.1, -0.05) is 11.6 Å². The van der Waals surface area contributed by atoms with Crippen LogP contribution in [0.3, 0.4) is 0 Å². The average molecular weight is 272 g/mol. The molecule has 0 aliphatic carbocycles. The molecule has 6 nitrogen and oxygen atoms in total. The lowest BCUT2D eigenvalue weighted by molar-refractivity contribution is 0.102. The lowest BCUT2D eigenvalue weighted by Gasteiger charge is -2.10. The number of hydrogen-bond donors (Lipinski definition) is 3. The molecule has 20 heavy (non-hydrogen) atoms. The monoisotopic (exact) mass is 272 g/mol. The summed E-state index contributed by atoms with van der Waals surface area (Å²) in [4.78, 5) is 16.3. The summed E-state index contributed by atoms with van der Waals surface area (Å²) < 4.78 is 4.96. The van der Waals surface area contributed by atoms with Crippen LogP contribution in [0.15, 0.2) is 36.5 Å². The fraction of sp³-hybridized carbons (Fsp3) is 0.143. The largest absolute Gasteiger partial charge is 0.481 e. The molecular formula is C14H16N4O2. The number of amides is 1. The van der Waals surface area contributed by atoms with Crippen LogP contribution < -0.4 is 21.3 Å². The summed E-state index contributed by atoms with van der Waals surface area (Å²) in [5, 5.41) is 2.76. The van der Waals surface area contributed by atoms with Crippen LogP contribution in [0.2, 0.25) is 0 Å². The summed E-state index contributed by atoms with van der Waals surface area (Å²) in [6.45, 7) is 1.91. The summed E-state index contributed by atoms with van der Waals surface area (Å²) in [6.07, 6.45) is 1.53. The lowest BCUT2D eigenvalue weighted by atomic mass is 10.1. The van der Waals surface area contributed by atoms with Gasteiger partial charge in [0, 0.05) is 6.07 Å². The lowest BCUT2D eigenvalue weighted by Crippen LogP contribution is -2.17. The molecule has 0 spiro atoms. The molecule has 1 aromatic carbocycles. The minimum atomic E-state index is -0.256. The summed E-state index contributed by atoms with van der Waals surface area (Å²) in [7, 11) is 1.53. The number of nitrogens with zero attached hydrogens (tertiary/aromatic N) is 1. The number of aryl methyl sites for hydroxylation is 1. The van der Waals surface area contributed by atoms with Gasteiger partial charge in [-0.2, -0.15) is 0 Å². The normalized spacial score (nSPS) is 9.95. The van der Waals surface area contributed by atoms with Crippen molar-refractivity contribution in [2.24, 2.45) is 5.84 Å². The number of nitrogens with two attached hydrogens (primary N) is 1. The number of nitrogen functional groups attached to an aromatic ring is 1. The van der Waals surface area contributed by atoms with E-state index >= 15 is 0 Å². The first-order chi connectivity index (χ1) is 9.63.